The molecule has 1 N–H and O–H groups in total. The lowest BCUT2D eigenvalue weighted by atomic mass is 9.89. The van der Waals surface area contributed by atoms with Crippen LogP contribution in [0.15, 0.2) is 27.4 Å². The van der Waals surface area contributed by atoms with Gasteiger partial charge >= 0.3 is 11.8 Å². The molecule has 1 saturated heterocycles. The van der Waals surface area contributed by atoms with E-state index in [0.29, 0.717) is 18.7 Å². The zero-order valence-electron chi connectivity index (χ0n) is 11.2. The van der Waals surface area contributed by atoms with Gasteiger partial charge < -0.3 is 14.4 Å². The number of aromatic nitrogens is 1. The van der Waals surface area contributed by atoms with Crippen molar-refractivity contribution in [2.75, 3.05) is 13.1 Å². The standard InChI is InChI=1S/C14H16N2O4/c1-15-11-4-2-3-10(12(11)20-14(15)19)9-5-7-16(8-6-9)13(17)18/h2-4,9H,5-8H2,1H3,(H,17,18). The monoisotopic (exact) mass is 276 g/mol. The molecule has 6 heteroatoms. The smallest absolute Gasteiger partial charge is 0.419 e. The SMILES string of the molecule is Cn1c(=O)oc2c(C3CCN(C(=O)O)CC3)cccc21. The van der Waals surface area contributed by atoms with Crippen LogP contribution in [0.4, 0.5) is 4.79 Å². The van der Waals surface area contributed by atoms with E-state index in [-0.39, 0.29) is 11.7 Å². The van der Waals surface area contributed by atoms with E-state index in [1.54, 1.807) is 7.05 Å². The molecule has 1 aromatic carbocycles. The molecule has 0 unspecified atom stereocenters. The zero-order chi connectivity index (χ0) is 14.3. The van der Waals surface area contributed by atoms with E-state index in [9.17, 15) is 9.59 Å². The Labute approximate surface area is 115 Å². The summed E-state index contributed by atoms with van der Waals surface area (Å²) in [5.41, 5.74) is 2.42. The highest BCUT2D eigenvalue weighted by atomic mass is 16.4. The molecule has 6 nitrogen and oxygen atoms in total. The second-order valence-electron chi connectivity index (χ2n) is 5.17. The highest BCUT2D eigenvalue weighted by Gasteiger charge is 2.25. The van der Waals surface area contributed by atoms with Gasteiger partial charge in [-0.1, -0.05) is 12.1 Å². The molecule has 0 radical (unpaired) electrons. The largest absolute Gasteiger partial charge is 0.465 e. The number of carboxylic acid groups (broad SMARTS) is 1. The van der Waals surface area contributed by atoms with Crippen LogP contribution in [0.3, 0.4) is 0 Å². The van der Waals surface area contributed by atoms with E-state index in [1.807, 2.05) is 18.2 Å². The Hall–Kier alpha value is -2.24. The minimum absolute atomic E-state index is 0.236. The lowest BCUT2D eigenvalue weighted by molar-refractivity contribution is 0.132. The molecule has 1 aliphatic rings. The number of benzene rings is 1. The molecule has 1 amide bonds. The summed E-state index contributed by atoms with van der Waals surface area (Å²) in [6.07, 6.45) is 0.640. The summed E-state index contributed by atoms with van der Waals surface area (Å²) < 4.78 is 6.83. The lowest BCUT2D eigenvalue weighted by Gasteiger charge is -2.30. The van der Waals surface area contributed by atoms with Gasteiger partial charge in [-0.25, -0.2) is 9.59 Å². The summed E-state index contributed by atoms with van der Waals surface area (Å²) >= 11 is 0. The van der Waals surface area contributed by atoms with Gasteiger partial charge in [-0.15, -0.1) is 0 Å². The number of para-hydroxylation sites is 1. The van der Waals surface area contributed by atoms with E-state index in [0.717, 1.165) is 23.9 Å². The fourth-order valence-corrected chi connectivity index (χ4v) is 2.87. The van der Waals surface area contributed by atoms with Gasteiger partial charge in [-0.3, -0.25) is 4.57 Å². The predicted molar refractivity (Wildman–Crippen MR) is 73.0 cm³/mol. The number of hydrogen-bond acceptors (Lipinski definition) is 3. The number of piperidine rings is 1. The summed E-state index contributed by atoms with van der Waals surface area (Å²) in [4.78, 5) is 24.0. The van der Waals surface area contributed by atoms with Crippen LogP contribution in [0.1, 0.15) is 24.3 Å². The van der Waals surface area contributed by atoms with Gasteiger partial charge in [0.25, 0.3) is 0 Å². The van der Waals surface area contributed by atoms with E-state index in [4.69, 9.17) is 9.52 Å². The second kappa shape index (κ2) is 4.70. The Balaban J connectivity index is 1.94. The molecule has 106 valence electrons. The Morgan fingerprint density at radius 2 is 2.05 bits per heavy atom. The summed E-state index contributed by atoms with van der Waals surface area (Å²) in [7, 11) is 1.69. The van der Waals surface area contributed by atoms with E-state index in [2.05, 4.69) is 0 Å². The first-order valence-electron chi connectivity index (χ1n) is 6.64. The van der Waals surface area contributed by atoms with Crippen LogP contribution in [0.25, 0.3) is 11.1 Å². The quantitative estimate of drug-likeness (QED) is 0.864. The van der Waals surface area contributed by atoms with Crippen LogP contribution in [-0.4, -0.2) is 33.8 Å². The molecule has 2 aromatic rings. The molecule has 2 heterocycles. The minimum Gasteiger partial charge on any atom is -0.465 e. The predicted octanol–water partition coefficient (Wildman–Crippen LogP) is 1.99. The summed E-state index contributed by atoms with van der Waals surface area (Å²) in [6.45, 7) is 1.04. The Bertz CT molecular complexity index is 708. The van der Waals surface area contributed by atoms with Gasteiger partial charge in [0.15, 0.2) is 5.58 Å². The van der Waals surface area contributed by atoms with Crippen LogP contribution >= 0.6 is 0 Å². The molecule has 0 saturated carbocycles. The molecule has 1 fully saturated rings. The molecule has 0 spiro atoms. The molecule has 0 aliphatic carbocycles. The first kappa shape index (κ1) is 12.8. The third kappa shape index (κ3) is 1.97. The highest BCUT2D eigenvalue weighted by Crippen LogP contribution is 2.32. The fraction of sp³-hybridized carbons (Fsp3) is 0.429. The van der Waals surface area contributed by atoms with Crippen molar-refractivity contribution in [3.63, 3.8) is 0 Å². The van der Waals surface area contributed by atoms with Crippen molar-refractivity contribution in [3.05, 3.63) is 34.3 Å². The molecular formula is C14H16N2O4. The van der Waals surface area contributed by atoms with Gasteiger partial charge in [0, 0.05) is 25.7 Å². The normalized spacial score (nSPS) is 16.8. The van der Waals surface area contributed by atoms with Crippen molar-refractivity contribution in [2.24, 2.45) is 7.05 Å². The Kier molecular flexibility index (Phi) is 3.00. The maximum absolute atomic E-state index is 11.6. The van der Waals surface area contributed by atoms with E-state index < -0.39 is 6.09 Å². The lowest BCUT2D eigenvalue weighted by Crippen LogP contribution is -2.36. The first-order valence-corrected chi connectivity index (χ1v) is 6.64. The van der Waals surface area contributed by atoms with E-state index in [1.165, 1.54) is 9.47 Å². The fourth-order valence-electron chi connectivity index (χ4n) is 2.87. The Morgan fingerprint density at radius 1 is 1.35 bits per heavy atom. The van der Waals surface area contributed by atoms with Crippen molar-refractivity contribution >= 4 is 17.2 Å². The average molecular weight is 276 g/mol. The summed E-state index contributed by atoms with van der Waals surface area (Å²) in [5.74, 6) is -0.129. The first-order chi connectivity index (χ1) is 9.58. The number of amides is 1. The number of fused-ring (bicyclic) bond motifs is 1. The van der Waals surface area contributed by atoms with Crippen LogP contribution in [0.5, 0.6) is 0 Å². The van der Waals surface area contributed by atoms with Crippen LogP contribution in [-0.2, 0) is 7.05 Å². The van der Waals surface area contributed by atoms with Crippen molar-refractivity contribution in [2.45, 2.75) is 18.8 Å². The van der Waals surface area contributed by atoms with Crippen LogP contribution < -0.4 is 5.76 Å². The third-order valence-electron chi connectivity index (χ3n) is 4.05. The number of nitrogens with zero attached hydrogens (tertiary/aromatic N) is 2. The van der Waals surface area contributed by atoms with Crippen molar-refractivity contribution in [1.82, 2.24) is 9.47 Å². The number of oxazole rings is 1. The zero-order valence-corrected chi connectivity index (χ0v) is 11.2. The minimum atomic E-state index is -0.868. The van der Waals surface area contributed by atoms with Crippen molar-refractivity contribution in [3.8, 4) is 0 Å². The third-order valence-corrected chi connectivity index (χ3v) is 4.05. The van der Waals surface area contributed by atoms with Crippen LogP contribution in [0, 0.1) is 0 Å². The van der Waals surface area contributed by atoms with Gasteiger partial charge in [0.2, 0.25) is 0 Å². The van der Waals surface area contributed by atoms with Gasteiger partial charge in [0.1, 0.15) is 0 Å². The van der Waals surface area contributed by atoms with Crippen LogP contribution in [0.2, 0.25) is 0 Å². The van der Waals surface area contributed by atoms with Crippen molar-refractivity contribution < 1.29 is 14.3 Å². The molecule has 1 aromatic heterocycles. The topological polar surface area (TPSA) is 75.7 Å². The van der Waals surface area contributed by atoms with Gasteiger partial charge in [-0.05, 0) is 24.8 Å². The maximum atomic E-state index is 11.6. The molecule has 20 heavy (non-hydrogen) atoms. The summed E-state index contributed by atoms with van der Waals surface area (Å²) in [6, 6.07) is 5.73. The molecule has 1 aliphatic heterocycles. The maximum Gasteiger partial charge on any atom is 0.419 e. The number of hydrogen-bond donors (Lipinski definition) is 1. The average Bonchev–Trinajstić information content (AvgIpc) is 2.74. The number of likely N-dealkylation sites (tertiary alicyclic amines) is 1. The number of rotatable bonds is 1. The van der Waals surface area contributed by atoms with E-state index >= 15 is 0 Å². The highest BCUT2D eigenvalue weighted by molar-refractivity contribution is 5.77. The summed E-state index contributed by atoms with van der Waals surface area (Å²) in [5, 5.41) is 8.97. The molecular weight excluding hydrogens is 260 g/mol. The van der Waals surface area contributed by atoms with Gasteiger partial charge in [0.05, 0.1) is 5.52 Å². The van der Waals surface area contributed by atoms with Crippen molar-refractivity contribution in [1.29, 1.82) is 0 Å². The Morgan fingerprint density at radius 3 is 2.70 bits per heavy atom. The molecule has 3 rings (SSSR count). The molecule has 0 atom stereocenters. The van der Waals surface area contributed by atoms with Gasteiger partial charge in [-0.2, -0.15) is 0 Å². The second-order valence-corrected chi connectivity index (χ2v) is 5.17. The molecule has 0 bridgehead atoms. The number of aryl methyl sites for hydroxylation is 1. The number of carbonyl (C=O) groups is 1.